The zero-order chi connectivity index (χ0) is 21.0. The van der Waals surface area contributed by atoms with Crippen molar-refractivity contribution in [1.82, 2.24) is 9.97 Å². The molecule has 0 bridgehead atoms. The summed E-state index contributed by atoms with van der Waals surface area (Å²) >= 11 is 6.22. The fourth-order valence-electron chi connectivity index (χ4n) is 3.71. The average Bonchev–Trinajstić information content (AvgIpc) is 2.85. The monoisotopic (exact) mass is 420 g/mol. The molecule has 3 aromatic carbocycles. The fourth-order valence-corrected chi connectivity index (χ4v) is 3.87. The summed E-state index contributed by atoms with van der Waals surface area (Å²) in [5.74, 6) is 0.725. The molecule has 0 radical (unpaired) electrons. The SMILES string of the molecule is ClC1C=CC(c2cc(-c3ccc(-c4ccccc4)cc3)nc(-c3ccccc3)n2)=CC1. The largest absolute Gasteiger partial charge is 0.228 e. The minimum absolute atomic E-state index is 0.0455. The van der Waals surface area contributed by atoms with Crippen LogP contribution < -0.4 is 0 Å². The smallest absolute Gasteiger partial charge is 0.160 e. The van der Waals surface area contributed by atoms with Crippen LogP contribution in [0.2, 0.25) is 0 Å². The molecule has 31 heavy (non-hydrogen) atoms. The van der Waals surface area contributed by atoms with E-state index in [1.54, 1.807) is 0 Å². The first-order chi connectivity index (χ1) is 15.3. The quantitative estimate of drug-likeness (QED) is 0.321. The van der Waals surface area contributed by atoms with Gasteiger partial charge in [0.05, 0.1) is 16.8 Å². The Kier molecular flexibility index (Phi) is 5.47. The summed E-state index contributed by atoms with van der Waals surface area (Å²) in [5, 5.41) is 0.0455. The molecule has 5 rings (SSSR count). The second-order valence-corrected chi connectivity index (χ2v) is 8.10. The van der Waals surface area contributed by atoms with Crippen LogP contribution >= 0.6 is 11.6 Å². The van der Waals surface area contributed by atoms with Gasteiger partial charge in [-0.1, -0.05) is 103 Å². The molecule has 0 saturated heterocycles. The Morgan fingerprint density at radius 1 is 0.645 bits per heavy atom. The van der Waals surface area contributed by atoms with Gasteiger partial charge in [0.1, 0.15) is 0 Å². The van der Waals surface area contributed by atoms with E-state index in [2.05, 4.69) is 66.7 Å². The number of rotatable bonds is 4. The van der Waals surface area contributed by atoms with E-state index in [-0.39, 0.29) is 5.38 Å². The van der Waals surface area contributed by atoms with E-state index < -0.39 is 0 Å². The Hall–Kier alpha value is -3.49. The minimum Gasteiger partial charge on any atom is -0.228 e. The summed E-state index contributed by atoms with van der Waals surface area (Å²) in [5.41, 5.74) is 7.36. The van der Waals surface area contributed by atoms with Crippen molar-refractivity contribution in [2.24, 2.45) is 0 Å². The standard InChI is InChI=1S/C28H21ClN2/c29-25-17-15-23(16-18-25)27-19-26(30-28(31-27)24-9-5-2-6-10-24)22-13-11-21(12-14-22)20-7-3-1-4-8-20/h1-17,19,25H,18H2. The van der Waals surface area contributed by atoms with Crippen LogP contribution in [0.3, 0.4) is 0 Å². The Morgan fingerprint density at radius 2 is 1.23 bits per heavy atom. The molecule has 1 aliphatic carbocycles. The number of nitrogens with zero attached hydrogens (tertiary/aromatic N) is 2. The number of halogens is 1. The van der Waals surface area contributed by atoms with E-state index >= 15 is 0 Å². The molecule has 1 unspecified atom stereocenters. The van der Waals surface area contributed by atoms with Gasteiger partial charge in [0.25, 0.3) is 0 Å². The van der Waals surface area contributed by atoms with Crippen LogP contribution in [-0.2, 0) is 0 Å². The molecule has 1 atom stereocenters. The maximum absolute atomic E-state index is 6.22. The van der Waals surface area contributed by atoms with Crippen LogP contribution in [0.4, 0.5) is 0 Å². The maximum atomic E-state index is 6.22. The normalized spacial score (nSPS) is 15.5. The Bertz CT molecular complexity index is 1240. The molecule has 2 nitrogen and oxygen atoms in total. The van der Waals surface area contributed by atoms with Crippen LogP contribution in [-0.4, -0.2) is 15.3 Å². The lowest BCUT2D eigenvalue weighted by Crippen LogP contribution is -2.01. The molecule has 0 aliphatic heterocycles. The summed E-state index contributed by atoms with van der Waals surface area (Å²) < 4.78 is 0. The van der Waals surface area contributed by atoms with Gasteiger partial charge in [-0.3, -0.25) is 0 Å². The third-order valence-corrected chi connectivity index (χ3v) is 5.71. The summed E-state index contributed by atoms with van der Waals surface area (Å²) in [6.07, 6.45) is 7.03. The number of aromatic nitrogens is 2. The van der Waals surface area contributed by atoms with Crippen molar-refractivity contribution in [3.63, 3.8) is 0 Å². The minimum atomic E-state index is 0.0455. The van der Waals surface area contributed by atoms with Gasteiger partial charge in [-0.2, -0.15) is 0 Å². The molecular formula is C28H21ClN2. The van der Waals surface area contributed by atoms with E-state index in [1.807, 2.05) is 42.5 Å². The van der Waals surface area contributed by atoms with Gasteiger partial charge in [0.2, 0.25) is 0 Å². The molecule has 0 amide bonds. The highest BCUT2D eigenvalue weighted by molar-refractivity contribution is 6.22. The fraction of sp³-hybridized carbons (Fsp3) is 0.0714. The van der Waals surface area contributed by atoms with Crippen molar-refractivity contribution in [1.29, 1.82) is 0 Å². The molecule has 150 valence electrons. The zero-order valence-corrected chi connectivity index (χ0v) is 17.7. The van der Waals surface area contributed by atoms with Crippen LogP contribution in [0.5, 0.6) is 0 Å². The van der Waals surface area contributed by atoms with Gasteiger partial charge in [0.15, 0.2) is 5.82 Å². The lowest BCUT2D eigenvalue weighted by molar-refractivity contribution is 1.04. The van der Waals surface area contributed by atoms with E-state index in [1.165, 1.54) is 11.1 Å². The van der Waals surface area contributed by atoms with Crippen LogP contribution in [0, 0.1) is 0 Å². The molecule has 3 heteroatoms. The van der Waals surface area contributed by atoms with E-state index in [0.717, 1.165) is 40.3 Å². The van der Waals surface area contributed by atoms with Crippen molar-refractivity contribution < 1.29 is 0 Å². The Balaban J connectivity index is 1.58. The third-order valence-electron chi connectivity index (χ3n) is 5.39. The van der Waals surface area contributed by atoms with E-state index in [4.69, 9.17) is 21.6 Å². The number of hydrogen-bond acceptors (Lipinski definition) is 2. The number of benzene rings is 3. The van der Waals surface area contributed by atoms with E-state index in [0.29, 0.717) is 0 Å². The zero-order valence-electron chi connectivity index (χ0n) is 16.9. The Morgan fingerprint density at radius 3 is 1.87 bits per heavy atom. The summed E-state index contributed by atoms with van der Waals surface area (Å²) in [6.45, 7) is 0. The average molecular weight is 421 g/mol. The first-order valence-corrected chi connectivity index (χ1v) is 10.8. The molecule has 0 fully saturated rings. The van der Waals surface area contributed by atoms with Gasteiger partial charge in [-0.25, -0.2) is 9.97 Å². The van der Waals surface area contributed by atoms with Crippen molar-refractivity contribution in [2.45, 2.75) is 11.8 Å². The van der Waals surface area contributed by atoms with Crippen molar-refractivity contribution in [3.05, 3.63) is 115 Å². The highest BCUT2D eigenvalue weighted by Crippen LogP contribution is 2.29. The van der Waals surface area contributed by atoms with Gasteiger partial charge < -0.3 is 0 Å². The Labute approximate surface area is 187 Å². The number of allylic oxidation sites excluding steroid dienone is 4. The second-order valence-electron chi connectivity index (χ2n) is 7.54. The van der Waals surface area contributed by atoms with Crippen molar-refractivity contribution in [2.75, 3.05) is 0 Å². The predicted octanol–water partition coefficient (Wildman–Crippen LogP) is 7.43. The van der Waals surface area contributed by atoms with Gasteiger partial charge in [-0.15, -0.1) is 11.6 Å². The topological polar surface area (TPSA) is 25.8 Å². The molecule has 0 saturated carbocycles. The van der Waals surface area contributed by atoms with Crippen molar-refractivity contribution in [3.8, 4) is 33.8 Å². The van der Waals surface area contributed by atoms with Crippen LogP contribution in [0.25, 0.3) is 39.3 Å². The molecule has 1 aliphatic rings. The van der Waals surface area contributed by atoms with Crippen LogP contribution in [0.15, 0.2) is 109 Å². The predicted molar refractivity (Wildman–Crippen MR) is 130 cm³/mol. The highest BCUT2D eigenvalue weighted by atomic mass is 35.5. The van der Waals surface area contributed by atoms with Gasteiger partial charge in [-0.05, 0) is 29.2 Å². The van der Waals surface area contributed by atoms with E-state index in [9.17, 15) is 0 Å². The summed E-state index contributed by atoms with van der Waals surface area (Å²) in [7, 11) is 0. The highest BCUT2D eigenvalue weighted by Gasteiger charge is 2.13. The summed E-state index contributed by atoms with van der Waals surface area (Å²) in [4.78, 5) is 9.77. The van der Waals surface area contributed by atoms with Gasteiger partial charge >= 0.3 is 0 Å². The van der Waals surface area contributed by atoms with Gasteiger partial charge in [0, 0.05) is 11.1 Å². The molecule has 0 N–H and O–H groups in total. The maximum Gasteiger partial charge on any atom is 0.160 e. The van der Waals surface area contributed by atoms with Crippen molar-refractivity contribution >= 4 is 17.2 Å². The summed E-state index contributed by atoms with van der Waals surface area (Å²) in [6, 6.07) is 31.1. The number of hydrogen-bond donors (Lipinski definition) is 0. The molecule has 0 spiro atoms. The first kappa shape index (κ1) is 19.5. The molecule has 1 aromatic heterocycles. The molecule has 1 heterocycles. The first-order valence-electron chi connectivity index (χ1n) is 10.4. The molecule has 4 aromatic rings. The lowest BCUT2D eigenvalue weighted by atomic mass is 10.00. The third kappa shape index (κ3) is 4.35. The number of alkyl halides is 1. The molecular weight excluding hydrogens is 400 g/mol. The lowest BCUT2D eigenvalue weighted by Gasteiger charge is -2.13. The van der Waals surface area contributed by atoms with Crippen LogP contribution in [0.1, 0.15) is 12.1 Å². The second kappa shape index (κ2) is 8.71.